The highest BCUT2D eigenvalue weighted by Gasteiger charge is 2.42. The minimum Gasteiger partial charge on any atom is -0.490 e. The summed E-state index contributed by atoms with van der Waals surface area (Å²) in [5.41, 5.74) is 0.586. The molecule has 1 aromatic carbocycles. The second-order valence-corrected chi connectivity index (χ2v) is 8.69. The van der Waals surface area contributed by atoms with E-state index in [0.29, 0.717) is 50.7 Å². The van der Waals surface area contributed by atoms with Gasteiger partial charge >= 0.3 is 0 Å². The number of benzene rings is 1. The molecule has 1 fully saturated rings. The largest absolute Gasteiger partial charge is 0.490 e. The number of nitrogens with zero attached hydrogens (tertiary/aromatic N) is 2. The lowest BCUT2D eigenvalue weighted by molar-refractivity contribution is -0.132. The molecule has 7 nitrogen and oxygen atoms in total. The second-order valence-electron chi connectivity index (χ2n) is 6.86. The maximum Gasteiger partial charge on any atom is 0.275 e. The molecule has 0 radical (unpaired) electrons. The first-order valence-electron chi connectivity index (χ1n) is 9.88. The Labute approximate surface area is 167 Å². The molecule has 2 heterocycles. The molecule has 2 aliphatic rings. The molecule has 8 heteroatoms. The van der Waals surface area contributed by atoms with Crippen molar-refractivity contribution in [1.82, 2.24) is 9.21 Å². The number of unbranched alkanes of at least 4 members (excludes halogenated alkanes) is 1. The number of rotatable bonds is 7. The quantitative estimate of drug-likeness (QED) is 0.693. The molecule has 2 aliphatic heterocycles. The molecule has 0 bridgehead atoms. The van der Waals surface area contributed by atoms with Gasteiger partial charge in [0.25, 0.3) is 15.9 Å². The Morgan fingerprint density at radius 2 is 1.86 bits per heavy atom. The van der Waals surface area contributed by atoms with Gasteiger partial charge in [0.1, 0.15) is 0 Å². The molecule has 1 aromatic rings. The van der Waals surface area contributed by atoms with Crippen LogP contribution in [0.5, 0.6) is 0 Å². The number of morpholine rings is 1. The molecule has 0 N–H and O–H groups in total. The zero-order valence-corrected chi connectivity index (χ0v) is 17.3. The van der Waals surface area contributed by atoms with Crippen molar-refractivity contribution in [1.29, 1.82) is 0 Å². The van der Waals surface area contributed by atoms with Gasteiger partial charge in [-0.15, -0.1) is 0 Å². The summed E-state index contributed by atoms with van der Waals surface area (Å²) in [7, 11) is -3.83. The molecule has 0 aliphatic carbocycles. The number of carbonyl (C=O) groups excluding carboxylic acids is 1. The third kappa shape index (κ3) is 3.89. The molecule has 3 rings (SSSR count). The normalized spacial score (nSPS) is 18.8. The molecule has 1 saturated heterocycles. The van der Waals surface area contributed by atoms with Crippen molar-refractivity contribution in [2.45, 2.75) is 38.0 Å². The van der Waals surface area contributed by atoms with E-state index in [4.69, 9.17) is 9.47 Å². The van der Waals surface area contributed by atoms with Crippen molar-refractivity contribution in [2.75, 3.05) is 39.5 Å². The zero-order chi connectivity index (χ0) is 20.1. The Morgan fingerprint density at radius 3 is 2.54 bits per heavy atom. The number of ether oxygens (including phenoxy) is 2. The van der Waals surface area contributed by atoms with Crippen molar-refractivity contribution in [3.8, 4) is 0 Å². The van der Waals surface area contributed by atoms with Gasteiger partial charge in [-0.2, -0.15) is 0 Å². The third-order valence-electron chi connectivity index (χ3n) is 4.83. The van der Waals surface area contributed by atoms with Gasteiger partial charge in [0.15, 0.2) is 11.5 Å². The highest BCUT2D eigenvalue weighted by atomic mass is 32.2. The maximum absolute atomic E-state index is 13.4. The molecule has 0 saturated carbocycles. The van der Waals surface area contributed by atoms with Gasteiger partial charge in [-0.3, -0.25) is 9.10 Å². The number of hydrogen-bond acceptors (Lipinski definition) is 5. The average Bonchev–Trinajstić information content (AvgIpc) is 2.72. The highest BCUT2D eigenvalue weighted by Crippen LogP contribution is 2.38. The Kier molecular flexibility index (Phi) is 6.61. The van der Waals surface area contributed by atoms with Crippen LogP contribution in [0.2, 0.25) is 0 Å². The summed E-state index contributed by atoms with van der Waals surface area (Å²) in [6.45, 7) is 6.39. The smallest absolute Gasteiger partial charge is 0.275 e. The first kappa shape index (κ1) is 20.7. The Balaban J connectivity index is 2.17. The van der Waals surface area contributed by atoms with E-state index in [2.05, 4.69) is 0 Å². The van der Waals surface area contributed by atoms with Crippen LogP contribution >= 0.6 is 0 Å². The predicted octanol–water partition coefficient (Wildman–Crippen LogP) is 2.45. The maximum atomic E-state index is 13.4. The topological polar surface area (TPSA) is 76.2 Å². The summed E-state index contributed by atoms with van der Waals surface area (Å²) in [6.07, 6.45) is 2.23. The lowest BCUT2D eigenvalue weighted by Crippen LogP contribution is -2.47. The summed E-state index contributed by atoms with van der Waals surface area (Å²) in [4.78, 5) is 15.3. The minimum atomic E-state index is -3.83. The highest BCUT2D eigenvalue weighted by molar-refractivity contribution is 7.89. The van der Waals surface area contributed by atoms with Crippen LogP contribution in [-0.2, 0) is 24.3 Å². The lowest BCUT2D eigenvalue weighted by Gasteiger charge is -2.36. The monoisotopic (exact) mass is 408 g/mol. The van der Waals surface area contributed by atoms with E-state index in [-0.39, 0.29) is 23.0 Å². The van der Waals surface area contributed by atoms with E-state index in [1.165, 1.54) is 4.31 Å². The molecule has 0 spiro atoms. The SMILES string of the molecule is CCCCN1C(C(=O)N2CCOCC2)=C(OCCC)c2ccccc2S1(=O)=O. The average molecular weight is 409 g/mol. The van der Waals surface area contributed by atoms with Crippen LogP contribution in [-0.4, -0.2) is 63.0 Å². The van der Waals surface area contributed by atoms with E-state index in [1.54, 1.807) is 29.2 Å². The van der Waals surface area contributed by atoms with Crippen molar-refractivity contribution >= 4 is 21.7 Å². The van der Waals surface area contributed by atoms with Crippen molar-refractivity contribution in [2.24, 2.45) is 0 Å². The molecule has 0 aromatic heterocycles. The van der Waals surface area contributed by atoms with Crippen LogP contribution in [0.1, 0.15) is 38.7 Å². The van der Waals surface area contributed by atoms with E-state index in [1.807, 2.05) is 13.8 Å². The minimum absolute atomic E-state index is 0.127. The van der Waals surface area contributed by atoms with Crippen LogP contribution in [0, 0.1) is 0 Å². The van der Waals surface area contributed by atoms with Gasteiger partial charge < -0.3 is 14.4 Å². The summed E-state index contributed by atoms with van der Waals surface area (Å²) < 4.78 is 39.3. The Morgan fingerprint density at radius 1 is 1.14 bits per heavy atom. The van der Waals surface area contributed by atoms with Crippen molar-refractivity contribution in [3.63, 3.8) is 0 Å². The van der Waals surface area contributed by atoms with Gasteiger partial charge in [-0.25, -0.2) is 8.42 Å². The number of fused-ring (bicyclic) bond motifs is 1. The van der Waals surface area contributed by atoms with Crippen LogP contribution in [0.4, 0.5) is 0 Å². The van der Waals surface area contributed by atoms with Crippen LogP contribution in [0.3, 0.4) is 0 Å². The van der Waals surface area contributed by atoms with Gasteiger partial charge in [-0.05, 0) is 25.0 Å². The molecular formula is C20H28N2O5S. The summed E-state index contributed by atoms with van der Waals surface area (Å²) >= 11 is 0. The first-order valence-corrected chi connectivity index (χ1v) is 11.3. The van der Waals surface area contributed by atoms with Gasteiger partial charge in [0.05, 0.1) is 24.7 Å². The zero-order valence-electron chi connectivity index (χ0n) is 16.5. The second kappa shape index (κ2) is 8.96. The van der Waals surface area contributed by atoms with Gasteiger partial charge in [-0.1, -0.05) is 32.4 Å². The van der Waals surface area contributed by atoms with Crippen LogP contribution in [0.25, 0.3) is 5.76 Å². The fraction of sp³-hybridized carbons (Fsp3) is 0.550. The fourth-order valence-electron chi connectivity index (χ4n) is 3.36. The number of hydrogen-bond donors (Lipinski definition) is 0. The van der Waals surface area contributed by atoms with Gasteiger partial charge in [0, 0.05) is 25.2 Å². The van der Waals surface area contributed by atoms with Crippen molar-refractivity contribution in [3.05, 3.63) is 35.5 Å². The summed E-state index contributed by atoms with van der Waals surface area (Å²) in [5.74, 6) is 0.0449. The van der Waals surface area contributed by atoms with Crippen LogP contribution in [0.15, 0.2) is 34.9 Å². The molecule has 0 unspecified atom stereocenters. The summed E-state index contributed by atoms with van der Waals surface area (Å²) in [5, 5.41) is 0. The van der Waals surface area contributed by atoms with E-state index >= 15 is 0 Å². The van der Waals surface area contributed by atoms with Crippen LogP contribution < -0.4 is 0 Å². The third-order valence-corrected chi connectivity index (χ3v) is 6.69. The van der Waals surface area contributed by atoms with E-state index in [0.717, 1.165) is 12.8 Å². The Hall–Kier alpha value is -2.06. The van der Waals surface area contributed by atoms with Gasteiger partial charge in [0.2, 0.25) is 0 Å². The molecule has 28 heavy (non-hydrogen) atoms. The first-order chi connectivity index (χ1) is 13.5. The molecule has 1 amide bonds. The molecule has 0 atom stereocenters. The van der Waals surface area contributed by atoms with E-state index < -0.39 is 10.0 Å². The molecule has 154 valence electrons. The summed E-state index contributed by atoms with van der Waals surface area (Å²) in [6, 6.07) is 6.75. The Bertz CT molecular complexity index is 844. The fourth-order valence-corrected chi connectivity index (χ4v) is 5.06. The lowest BCUT2D eigenvalue weighted by atomic mass is 10.1. The predicted molar refractivity (Wildman–Crippen MR) is 106 cm³/mol. The molecular weight excluding hydrogens is 380 g/mol. The van der Waals surface area contributed by atoms with Crippen molar-refractivity contribution < 1.29 is 22.7 Å². The number of sulfonamides is 1. The standard InChI is InChI=1S/C20H28N2O5S/c1-3-5-10-22-18(20(23)21-11-14-26-15-12-21)19(27-13-4-2)16-8-6-7-9-17(16)28(22,24)25/h6-9H,3-5,10-15H2,1-2H3. The van der Waals surface area contributed by atoms with E-state index in [9.17, 15) is 13.2 Å². The number of amides is 1. The number of carbonyl (C=O) groups is 1.